The molecular weight excluding hydrogens is 170 g/mol. The third kappa shape index (κ3) is 8.31. The molecule has 1 heterocycles. The van der Waals surface area contributed by atoms with Crippen LogP contribution < -0.4 is 5.32 Å². The van der Waals surface area contributed by atoms with Gasteiger partial charge >= 0.3 is 0 Å². The molecular formula is C13H27N. The van der Waals surface area contributed by atoms with Gasteiger partial charge in [0.05, 0.1) is 0 Å². The quantitative estimate of drug-likeness (QED) is 0.679. The molecule has 0 aromatic rings. The van der Waals surface area contributed by atoms with Crippen molar-refractivity contribution in [1.29, 1.82) is 0 Å². The molecule has 1 saturated heterocycles. The van der Waals surface area contributed by atoms with Crippen molar-refractivity contribution in [2.24, 2.45) is 5.92 Å². The summed E-state index contributed by atoms with van der Waals surface area (Å²) < 4.78 is 0. The molecule has 14 heavy (non-hydrogen) atoms. The number of nitrogens with one attached hydrogen (secondary N) is 1. The zero-order valence-corrected chi connectivity index (χ0v) is 10.2. The Bertz CT molecular complexity index is 120. The summed E-state index contributed by atoms with van der Waals surface area (Å²) >= 11 is 0. The first kappa shape index (κ1) is 13.7. The largest absolute Gasteiger partial charge is 0.317 e. The summed E-state index contributed by atoms with van der Waals surface area (Å²) in [5.41, 5.74) is 0. The zero-order valence-electron chi connectivity index (χ0n) is 10.2. The van der Waals surface area contributed by atoms with Crippen LogP contribution in [0.3, 0.4) is 0 Å². The third-order valence-corrected chi connectivity index (χ3v) is 2.63. The Balaban J connectivity index is 0.000000292. The van der Waals surface area contributed by atoms with Crippen molar-refractivity contribution in [1.82, 2.24) is 5.32 Å². The highest BCUT2D eigenvalue weighted by atomic mass is 14.9. The van der Waals surface area contributed by atoms with Gasteiger partial charge in [0.25, 0.3) is 0 Å². The van der Waals surface area contributed by atoms with Crippen LogP contribution in [0.5, 0.6) is 0 Å². The summed E-state index contributed by atoms with van der Waals surface area (Å²) in [6, 6.07) is 0. The second-order valence-electron chi connectivity index (χ2n) is 3.96. The SMILES string of the molecule is C/C=C/CC.CCCC1CCNCC1. The van der Waals surface area contributed by atoms with E-state index < -0.39 is 0 Å². The molecule has 0 spiro atoms. The van der Waals surface area contributed by atoms with Crippen molar-refractivity contribution in [3.63, 3.8) is 0 Å². The summed E-state index contributed by atoms with van der Waals surface area (Å²) in [5.74, 6) is 1.04. The maximum absolute atomic E-state index is 3.37. The topological polar surface area (TPSA) is 12.0 Å². The molecule has 0 aromatic carbocycles. The maximum atomic E-state index is 3.37. The van der Waals surface area contributed by atoms with Gasteiger partial charge in [-0.3, -0.25) is 0 Å². The van der Waals surface area contributed by atoms with Gasteiger partial charge in [-0.25, -0.2) is 0 Å². The van der Waals surface area contributed by atoms with E-state index in [1.165, 1.54) is 38.8 Å². The Morgan fingerprint density at radius 2 is 1.86 bits per heavy atom. The minimum atomic E-state index is 1.04. The Hall–Kier alpha value is -0.300. The van der Waals surface area contributed by atoms with Gasteiger partial charge in [0.1, 0.15) is 0 Å². The van der Waals surface area contributed by atoms with Crippen molar-refractivity contribution >= 4 is 0 Å². The predicted octanol–water partition coefficient (Wildman–Crippen LogP) is 3.76. The summed E-state index contributed by atoms with van der Waals surface area (Å²) in [5, 5.41) is 3.37. The van der Waals surface area contributed by atoms with Gasteiger partial charge in [0, 0.05) is 0 Å². The van der Waals surface area contributed by atoms with Crippen LogP contribution in [-0.4, -0.2) is 13.1 Å². The Kier molecular flexibility index (Phi) is 10.5. The molecule has 0 aromatic heterocycles. The standard InChI is InChI=1S/C8H17N.C5H10/c1-2-3-8-4-6-9-7-5-8;1-3-5-4-2/h8-9H,2-7H2,1H3;3,5H,4H2,1-2H3/b;5-3+. The minimum Gasteiger partial charge on any atom is -0.317 e. The Labute approximate surface area is 90.0 Å². The van der Waals surface area contributed by atoms with Crippen LogP contribution in [0.2, 0.25) is 0 Å². The summed E-state index contributed by atoms with van der Waals surface area (Å²) in [4.78, 5) is 0. The fourth-order valence-electron chi connectivity index (χ4n) is 1.81. The van der Waals surface area contributed by atoms with Crippen LogP contribution in [0.25, 0.3) is 0 Å². The lowest BCUT2D eigenvalue weighted by molar-refractivity contribution is 0.351. The van der Waals surface area contributed by atoms with Gasteiger partial charge in [-0.2, -0.15) is 0 Å². The van der Waals surface area contributed by atoms with Crippen LogP contribution in [-0.2, 0) is 0 Å². The van der Waals surface area contributed by atoms with Crippen molar-refractivity contribution < 1.29 is 0 Å². The molecule has 1 fully saturated rings. The van der Waals surface area contributed by atoms with Crippen LogP contribution in [0.15, 0.2) is 12.2 Å². The third-order valence-electron chi connectivity index (χ3n) is 2.63. The predicted molar refractivity (Wildman–Crippen MR) is 65.6 cm³/mol. The van der Waals surface area contributed by atoms with Gasteiger partial charge in [-0.05, 0) is 45.2 Å². The maximum Gasteiger partial charge on any atom is -0.00463 e. The highest BCUT2D eigenvalue weighted by molar-refractivity contribution is 4.73. The fraction of sp³-hybridized carbons (Fsp3) is 0.846. The number of allylic oxidation sites excluding steroid dienone is 2. The van der Waals surface area contributed by atoms with Crippen molar-refractivity contribution in [2.45, 2.75) is 52.9 Å². The molecule has 84 valence electrons. The average Bonchev–Trinajstić information content (AvgIpc) is 2.22. The zero-order chi connectivity index (χ0) is 10.6. The van der Waals surface area contributed by atoms with Crippen LogP contribution in [0, 0.1) is 5.92 Å². The Morgan fingerprint density at radius 3 is 2.21 bits per heavy atom. The average molecular weight is 197 g/mol. The highest BCUT2D eigenvalue weighted by Gasteiger charge is 2.10. The molecule has 1 heteroatoms. The number of piperidine rings is 1. The Morgan fingerprint density at radius 1 is 1.21 bits per heavy atom. The molecule has 1 aliphatic heterocycles. The number of hydrogen-bond acceptors (Lipinski definition) is 1. The molecule has 1 rings (SSSR count). The van der Waals surface area contributed by atoms with Crippen molar-refractivity contribution in [3.05, 3.63) is 12.2 Å². The van der Waals surface area contributed by atoms with E-state index in [0.717, 1.165) is 12.3 Å². The van der Waals surface area contributed by atoms with E-state index in [2.05, 4.69) is 31.3 Å². The first-order valence-electron chi connectivity index (χ1n) is 6.16. The van der Waals surface area contributed by atoms with Crippen molar-refractivity contribution in [3.8, 4) is 0 Å². The fourth-order valence-corrected chi connectivity index (χ4v) is 1.81. The van der Waals surface area contributed by atoms with Gasteiger partial charge in [-0.15, -0.1) is 0 Å². The first-order chi connectivity index (χ1) is 6.85. The second kappa shape index (κ2) is 10.8. The summed E-state index contributed by atoms with van der Waals surface area (Å²) in [6.07, 6.45) is 11.0. The molecule has 1 N–H and O–H groups in total. The van der Waals surface area contributed by atoms with E-state index in [1.54, 1.807) is 0 Å². The van der Waals surface area contributed by atoms with Gasteiger partial charge < -0.3 is 5.32 Å². The molecule has 1 aliphatic rings. The molecule has 0 saturated carbocycles. The molecule has 0 aliphatic carbocycles. The smallest absolute Gasteiger partial charge is 0.00463 e. The lowest BCUT2D eigenvalue weighted by Gasteiger charge is -2.21. The van der Waals surface area contributed by atoms with E-state index in [9.17, 15) is 0 Å². The molecule has 0 atom stereocenters. The minimum absolute atomic E-state index is 1.04. The van der Waals surface area contributed by atoms with E-state index in [0.29, 0.717) is 0 Å². The van der Waals surface area contributed by atoms with E-state index in [4.69, 9.17) is 0 Å². The lowest BCUT2D eigenvalue weighted by atomic mass is 9.94. The number of rotatable bonds is 3. The molecule has 0 amide bonds. The summed E-state index contributed by atoms with van der Waals surface area (Å²) in [6.45, 7) is 8.95. The van der Waals surface area contributed by atoms with Gasteiger partial charge in [0.2, 0.25) is 0 Å². The van der Waals surface area contributed by atoms with Crippen LogP contribution >= 0.6 is 0 Å². The van der Waals surface area contributed by atoms with Gasteiger partial charge in [0.15, 0.2) is 0 Å². The first-order valence-corrected chi connectivity index (χ1v) is 6.16. The van der Waals surface area contributed by atoms with Crippen LogP contribution in [0.1, 0.15) is 52.9 Å². The second-order valence-corrected chi connectivity index (χ2v) is 3.96. The van der Waals surface area contributed by atoms with Gasteiger partial charge in [-0.1, -0.05) is 38.8 Å². The molecule has 0 radical (unpaired) electrons. The normalized spacial score (nSPS) is 17.9. The van der Waals surface area contributed by atoms with E-state index in [-0.39, 0.29) is 0 Å². The molecule has 1 nitrogen and oxygen atoms in total. The lowest BCUT2D eigenvalue weighted by Crippen LogP contribution is -2.27. The molecule has 0 unspecified atom stereocenters. The van der Waals surface area contributed by atoms with Crippen molar-refractivity contribution in [2.75, 3.05) is 13.1 Å². The van der Waals surface area contributed by atoms with E-state index >= 15 is 0 Å². The molecule has 0 bridgehead atoms. The monoisotopic (exact) mass is 197 g/mol. The summed E-state index contributed by atoms with van der Waals surface area (Å²) in [7, 11) is 0. The van der Waals surface area contributed by atoms with Crippen LogP contribution in [0.4, 0.5) is 0 Å². The van der Waals surface area contributed by atoms with E-state index in [1.807, 2.05) is 6.92 Å². The highest BCUT2D eigenvalue weighted by Crippen LogP contribution is 2.16. The number of hydrogen-bond donors (Lipinski definition) is 1.